The molecule has 0 aromatic heterocycles. The van der Waals surface area contributed by atoms with Gasteiger partial charge in [-0.2, -0.15) is 0 Å². The van der Waals surface area contributed by atoms with E-state index in [0.717, 1.165) is 16.7 Å². The van der Waals surface area contributed by atoms with Crippen LogP contribution in [0.5, 0.6) is 0 Å². The number of hydrogen-bond donors (Lipinski definition) is 2. The molecule has 1 aliphatic heterocycles. The number of nitrogens with zero attached hydrogens (tertiary/aromatic N) is 1. The summed E-state index contributed by atoms with van der Waals surface area (Å²) in [5.74, 6) is -1.34. The van der Waals surface area contributed by atoms with Gasteiger partial charge in [0.05, 0.1) is 24.7 Å². The predicted molar refractivity (Wildman–Crippen MR) is 139 cm³/mol. The van der Waals surface area contributed by atoms with Gasteiger partial charge in [-0.25, -0.2) is 8.78 Å². The molecular weight excluding hydrogens is 472 g/mol. The third-order valence-electron chi connectivity index (χ3n) is 7.06. The van der Waals surface area contributed by atoms with E-state index in [1.165, 1.54) is 36.4 Å². The summed E-state index contributed by atoms with van der Waals surface area (Å²) in [5, 5.41) is 20.9. The Labute approximate surface area is 214 Å². The van der Waals surface area contributed by atoms with Crippen molar-refractivity contribution in [2.75, 3.05) is 4.90 Å². The van der Waals surface area contributed by atoms with Crippen molar-refractivity contribution in [1.82, 2.24) is 0 Å². The molecule has 1 saturated heterocycles. The second-order valence-corrected chi connectivity index (χ2v) is 9.32. The number of carbonyl (C=O) groups is 1. The fourth-order valence-corrected chi connectivity index (χ4v) is 5.11. The Morgan fingerprint density at radius 3 is 2.11 bits per heavy atom. The Balaban J connectivity index is 1.46. The lowest BCUT2D eigenvalue weighted by atomic mass is 9.76. The summed E-state index contributed by atoms with van der Waals surface area (Å²) in [6, 6.07) is 26.7. The number of rotatable bonds is 8. The van der Waals surface area contributed by atoms with E-state index in [4.69, 9.17) is 0 Å². The number of anilines is 1. The molecule has 37 heavy (non-hydrogen) atoms. The average Bonchev–Trinajstić information content (AvgIpc) is 2.93. The quantitative estimate of drug-likeness (QED) is 0.278. The minimum atomic E-state index is -0.841. The van der Waals surface area contributed by atoms with E-state index in [2.05, 4.69) is 0 Å². The Hall–Kier alpha value is -3.87. The van der Waals surface area contributed by atoms with Gasteiger partial charge in [0, 0.05) is 5.69 Å². The maximum atomic E-state index is 13.6. The van der Waals surface area contributed by atoms with Gasteiger partial charge in [-0.1, -0.05) is 54.6 Å². The molecule has 0 saturated carbocycles. The Kier molecular flexibility index (Phi) is 7.12. The van der Waals surface area contributed by atoms with Crippen molar-refractivity contribution in [2.24, 2.45) is 5.92 Å². The van der Waals surface area contributed by atoms with E-state index in [0.29, 0.717) is 29.7 Å². The van der Waals surface area contributed by atoms with Gasteiger partial charge >= 0.3 is 0 Å². The lowest BCUT2D eigenvalue weighted by Crippen LogP contribution is -2.55. The maximum absolute atomic E-state index is 13.6. The van der Waals surface area contributed by atoms with Gasteiger partial charge in [-0.05, 0) is 83.1 Å². The van der Waals surface area contributed by atoms with Gasteiger partial charge in [-0.15, -0.1) is 0 Å². The topological polar surface area (TPSA) is 60.8 Å². The fourth-order valence-electron chi connectivity index (χ4n) is 5.11. The molecule has 0 aliphatic carbocycles. The van der Waals surface area contributed by atoms with Crippen LogP contribution in [0.2, 0.25) is 0 Å². The summed E-state index contributed by atoms with van der Waals surface area (Å²) in [7, 11) is 0. The monoisotopic (exact) mass is 499 g/mol. The highest BCUT2D eigenvalue weighted by Crippen LogP contribution is 2.47. The van der Waals surface area contributed by atoms with Crippen LogP contribution in [0.1, 0.15) is 41.7 Å². The Morgan fingerprint density at radius 1 is 0.811 bits per heavy atom. The predicted octanol–water partition coefficient (Wildman–Crippen LogP) is 6.34. The van der Waals surface area contributed by atoms with Gasteiger partial charge in [0.1, 0.15) is 11.6 Å². The average molecular weight is 500 g/mol. The normalized spacial score (nSPS) is 17.9. The minimum Gasteiger partial charge on any atom is -0.392 e. The van der Waals surface area contributed by atoms with Crippen LogP contribution in [0, 0.1) is 17.6 Å². The van der Waals surface area contributed by atoms with Crippen LogP contribution in [0.4, 0.5) is 14.5 Å². The van der Waals surface area contributed by atoms with Crippen LogP contribution < -0.4 is 4.90 Å². The lowest BCUT2D eigenvalue weighted by Gasteiger charge is -2.48. The summed E-state index contributed by atoms with van der Waals surface area (Å²) in [5.41, 5.74) is 4.65. The number of carbonyl (C=O) groups excluding carboxylic acids is 1. The van der Waals surface area contributed by atoms with Crippen molar-refractivity contribution in [3.05, 3.63) is 125 Å². The number of β-lactam (4-membered cyclic amide) rings is 1. The van der Waals surface area contributed by atoms with Crippen LogP contribution in [0.3, 0.4) is 0 Å². The first-order valence-electron chi connectivity index (χ1n) is 12.3. The second kappa shape index (κ2) is 10.6. The van der Waals surface area contributed by atoms with Crippen LogP contribution in [0.25, 0.3) is 11.1 Å². The molecule has 188 valence electrons. The molecule has 2 unspecified atom stereocenters. The molecule has 1 fully saturated rings. The number of aliphatic hydroxyl groups excluding tert-OH is 2. The number of hydrogen-bond acceptors (Lipinski definition) is 3. The van der Waals surface area contributed by atoms with Crippen molar-refractivity contribution in [3.63, 3.8) is 0 Å². The van der Waals surface area contributed by atoms with Gasteiger partial charge < -0.3 is 15.1 Å². The first kappa shape index (κ1) is 24.8. The third kappa shape index (κ3) is 5.03. The molecule has 0 radical (unpaired) electrons. The largest absolute Gasteiger partial charge is 0.392 e. The first-order valence-corrected chi connectivity index (χ1v) is 12.3. The number of aliphatic hydroxyl groups is 2. The molecule has 6 heteroatoms. The van der Waals surface area contributed by atoms with Gasteiger partial charge in [0.25, 0.3) is 0 Å². The molecule has 1 amide bonds. The van der Waals surface area contributed by atoms with Gasteiger partial charge in [0.2, 0.25) is 5.91 Å². The van der Waals surface area contributed by atoms with E-state index >= 15 is 0 Å². The number of benzene rings is 4. The van der Waals surface area contributed by atoms with Crippen LogP contribution >= 0.6 is 0 Å². The zero-order valence-corrected chi connectivity index (χ0v) is 20.1. The molecule has 4 aromatic rings. The summed E-state index contributed by atoms with van der Waals surface area (Å²) in [6.07, 6.45) is -0.135. The first-order chi connectivity index (χ1) is 18.0. The standard InChI is InChI=1S/C31H27F2NO3/c32-24-9-6-21(7-10-24)29(36)17-16-28-30(34(31(28)37)26-13-11-25(33)12-14-26)27-15-8-22(18-23(27)19-35)20-4-2-1-3-5-20/h1-15,18,28-30,35-36H,16-17,19H2/t28?,29-,30?/m0/s1. The zero-order valence-electron chi connectivity index (χ0n) is 20.1. The van der Waals surface area contributed by atoms with Gasteiger partial charge in [0.15, 0.2) is 0 Å². The molecule has 3 atom stereocenters. The maximum Gasteiger partial charge on any atom is 0.233 e. The summed E-state index contributed by atoms with van der Waals surface area (Å²) in [4.78, 5) is 15.0. The smallest absolute Gasteiger partial charge is 0.233 e. The second-order valence-electron chi connectivity index (χ2n) is 9.32. The third-order valence-corrected chi connectivity index (χ3v) is 7.06. The number of halogens is 2. The molecule has 1 heterocycles. The SMILES string of the molecule is O=C1C(CC[C@H](O)c2ccc(F)cc2)C(c2ccc(-c3ccccc3)cc2CO)N1c1ccc(F)cc1. The fraction of sp³-hybridized carbons (Fsp3) is 0.194. The molecule has 0 bridgehead atoms. The van der Waals surface area contributed by atoms with Crippen LogP contribution in [-0.4, -0.2) is 16.1 Å². The Bertz CT molecular complexity index is 1370. The Morgan fingerprint density at radius 2 is 1.46 bits per heavy atom. The highest BCUT2D eigenvalue weighted by Gasteiger charge is 2.49. The summed E-state index contributed by atoms with van der Waals surface area (Å²) >= 11 is 0. The van der Waals surface area contributed by atoms with Crippen molar-refractivity contribution >= 4 is 11.6 Å². The molecular formula is C31H27F2NO3. The molecule has 0 spiro atoms. The van der Waals surface area contributed by atoms with Gasteiger partial charge in [-0.3, -0.25) is 4.79 Å². The minimum absolute atomic E-state index is 0.126. The summed E-state index contributed by atoms with van der Waals surface area (Å²) in [6.45, 7) is -0.205. The van der Waals surface area contributed by atoms with E-state index in [1.807, 2.05) is 48.5 Å². The molecule has 1 aliphatic rings. The molecule has 2 N–H and O–H groups in total. The van der Waals surface area contributed by atoms with Crippen molar-refractivity contribution in [1.29, 1.82) is 0 Å². The van der Waals surface area contributed by atoms with Crippen molar-refractivity contribution in [2.45, 2.75) is 31.6 Å². The molecule has 4 aromatic carbocycles. The molecule has 4 nitrogen and oxygen atoms in total. The highest BCUT2D eigenvalue weighted by atomic mass is 19.1. The zero-order chi connectivity index (χ0) is 25.9. The van der Waals surface area contributed by atoms with Crippen molar-refractivity contribution < 1.29 is 23.8 Å². The van der Waals surface area contributed by atoms with E-state index in [-0.39, 0.29) is 24.4 Å². The van der Waals surface area contributed by atoms with E-state index in [9.17, 15) is 23.8 Å². The van der Waals surface area contributed by atoms with Crippen LogP contribution in [-0.2, 0) is 11.4 Å². The number of amides is 1. The van der Waals surface area contributed by atoms with E-state index in [1.54, 1.807) is 17.0 Å². The van der Waals surface area contributed by atoms with E-state index < -0.39 is 17.8 Å². The molecule has 5 rings (SSSR count). The summed E-state index contributed by atoms with van der Waals surface area (Å²) < 4.78 is 26.9. The van der Waals surface area contributed by atoms with Crippen molar-refractivity contribution in [3.8, 4) is 11.1 Å². The van der Waals surface area contributed by atoms with Crippen LogP contribution in [0.15, 0.2) is 97.1 Å². The highest BCUT2D eigenvalue weighted by molar-refractivity contribution is 6.03. The lowest BCUT2D eigenvalue weighted by molar-refractivity contribution is -0.131.